The van der Waals surface area contributed by atoms with E-state index in [0.29, 0.717) is 12.7 Å². The normalized spacial score (nSPS) is 24.9. The molecule has 0 aromatic rings. The zero-order chi connectivity index (χ0) is 14.2. The predicted octanol–water partition coefficient (Wildman–Crippen LogP) is 2.61. The number of ether oxygens (including phenoxy) is 2. The maximum atomic E-state index is 11.7. The number of carbonyl (C=O) groups excluding carboxylic acids is 1. The number of piperidine rings is 1. The molecule has 116 valence electrons. The lowest BCUT2D eigenvalue weighted by molar-refractivity contribution is -0.149. The van der Waals surface area contributed by atoms with Crippen LogP contribution >= 0.6 is 0 Å². The largest absolute Gasteiger partial charge is 0.466 e. The fourth-order valence-electron chi connectivity index (χ4n) is 3.23. The molecule has 2 saturated heterocycles. The average molecular weight is 283 g/mol. The van der Waals surface area contributed by atoms with Crippen molar-refractivity contribution in [1.82, 2.24) is 4.90 Å². The summed E-state index contributed by atoms with van der Waals surface area (Å²) in [5, 5.41) is 0. The number of hydrogen-bond acceptors (Lipinski definition) is 4. The number of esters is 1. The van der Waals surface area contributed by atoms with Crippen molar-refractivity contribution in [3.8, 4) is 0 Å². The van der Waals surface area contributed by atoms with Crippen LogP contribution in [0.25, 0.3) is 0 Å². The quantitative estimate of drug-likeness (QED) is 0.532. The summed E-state index contributed by atoms with van der Waals surface area (Å²) in [6, 6.07) is 0. The van der Waals surface area contributed by atoms with E-state index in [1.54, 1.807) is 0 Å². The maximum absolute atomic E-state index is 11.7. The van der Waals surface area contributed by atoms with Crippen LogP contribution < -0.4 is 0 Å². The Bertz CT molecular complexity index is 281. The van der Waals surface area contributed by atoms with Crippen LogP contribution in [-0.4, -0.2) is 49.8 Å². The van der Waals surface area contributed by atoms with Gasteiger partial charge in [-0.15, -0.1) is 0 Å². The van der Waals surface area contributed by atoms with E-state index in [9.17, 15) is 4.79 Å². The number of unbranched alkanes of at least 4 members (excludes halogenated alkanes) is 1. The van der Waals surface area contributed by atoms with Crippen LogP contribution in [0.2, 0.25) is 0 Å². The molecule has 2 aliphatic heterocycles. The van der Waals surface area contributed by atoms with Crippen molar-refractivity contribution in [2.24, 2.45) is 5.92 Å². The molecule has 0 aromatic heterocycles. The Balaban J connectivity index is 1.52. The van der Waals surface area contributed by atoms with Crippen molar-refractivity contribution in [3.05, 3.63) is 0 Å². The van der Waals surface area contributed by atoms with Gasteiger partial charge in [0, 0.05) is 6.61 Å². The van der Waals surface area contributed by atoms with Crippen molar-refractivity contribution in [2.75, 3.05) is 32.8 Å². The zero-order valence-corrected chi connectivity index (χ0v) is 12.8. The highest BCUT2D eigenvalue weighted by Crippen LogP contribution is 2.20. The second-order valence-corrected chi connectivity index (χ2v) is 6.00. The molecule has 2 rings (SSSR count). The molecule has 4 nitrogen and oxygen atoms in total. The second-order valence-electron chi connectivity index (χ2n) is 6.00. The fraction of sp³-hybridized carbons (Fsp3) is 0.938. The molecule has 2 fully saturated rings. The van der Waals surface area contributed by atoms with Gasteiger partial charge in [0.1, 0.15) is 0 Å². The first-order chi connectivity index (χ1) is 9.79. The minimum absolute atomic E-state index is 0.00512. The first-order valence-corrected chi connectivity index (χ1v) is 8.30. The van der Waals surface area contributed by atoms with Gasteiger partial charge in [0.05, 0.1) is 18.6 Å². The Kier molecular flexibility index (Phi) is 6.80. The SMILES string of the molecule is CCOC(=O)C1CCN(CCCCC2CCCO2)CC1. The summed E-state index contributed by atoms with van der Waals surface area (Å²) >= 11 is 0. The number of nitrogens with zero attached hydrogens (tertiary/aromatic N) is 1. The van der Waals surface area contributed by atoms with Crippen molar-refractivity contribution < 1.29 is 14.3 Å². The predicted molar refractivity (Wildman–Crippen MR) is 78.6 cm³/mol. The molecule has 4 heteroatoms. The van der Waals surface area contributed by atoms with Crippen LogP contribution in [0.3, 0.4) is 0 Å². The first kappa shape index (κ1) is 15.8. The topological polar surface area (TPSA) is 38.8 Å². The summed E-state index contributed by atoms with van der Waals surface area (Å²) in [5.41, 5.74) is 0. The minimum Gasteiger partial charge on any atom is -0.466 e. The van der Waals surface area contributed by atoms with Gasteiger partial charge < -0.3 is 14.4 Å². The Morgan fingerprint density at radius 1 is 1.25 bits per heavy atom. The van der Waals surface area contributed by atoms with E-state index < -0.39 is 0 Å². The number of likely N-dealkylation sites (tertiary alicyclic amines) is 1. The summed E-state index contributed by atoms with van der Waals surface area (Å²) in [7, 11) is 0. The van der Waals surface area contributed by atoms with Crippen molar-refractivity contribution in [3.63, 3.8) is 0 Å². The Labute approximate surface area is 122 Å². The number of hydrogen-bond donors (Lipinski definition) is 0. The van der Waals surface area contributed by atoms with Gasteiger partial charge in [-0.25, -0.2) is 0 Å². The molecule has 0 aliphatic carbocycles. The van der Waals surface area contributed by atoms with Gasteiger partial charge in [0.15, 0.2) is 0 Å². The molecule has 2 aliphatic rings. The molecule has 2 heterocycles. The highest BCUT2D eigenvalue weighted by molar-refractivity contribution is 5.72. The third kappa shape index (κ3) is 5.06. The van der Waals surface area contributed by atoms with Crippen molar-refractivity contribution in [2.45, 2.75) is 58.0 Å². The van der Waals surface area contributed by atoms with Crippen LogP contribution in [0.1, 0.15) is 51.9 Å². The van der Waals surface area contributed by atoms with Crippen molar-refractivity contribution in [1.29, 1.82) is 0 Å². The Morgan fingerprint density at radius 2 is 2.05 bits per heavy atom. The van der Waals surface area contributed by atoms with Crippen LogP contribution in [0, 0.1) is 5.92 Å². The van der Waals surface area contributed by atoms with E-state index in [2.05, 4.69) is 4.90 Å². The molecule has 20 heavy (non-hydrogen) atoms. The molecule has 1 unspecified atom stereocenters. The molecule has 0 spiro atoms. The third-order valence-corrected chi connectivity index (χ3v) is 4.48. The van der Waals surface area contributed by atoms with Gasteiger partial charge in [0.25, 0.3) is 0 Å². The lowest BCUT2D eigenvalue weighted by atomic mass is 9.97. The Hall–Kier alpha value is -0.610. The third-order valence-electron chi connectivity index (χ3n) is 4.48. The number of rotatable bonds is 7. The first-order valence-electron chi connectivity index (χ1n) is 8.30. The maximum Gasteiger partial charge on any atom is 0.309 e. The molecular weight excluding hydrogens is 254 g/mol. The van der Waals surface area contributed by atoms with E-state index in [1.165, 1.54) is 38.6 Å². The van der Waals surface area contributed by atoms with E-state index in [0.717, 1.165) is 32.5 Å². The van der Waals surface area contributed by atoms with Gasteiger partial charge in [-0.3, -0.25) is 4.79 Å². The van der Waals surface area contributed by atoms with Crippen molar-refractivity contribution >= 4 is 5.97 Å². The van der Waals surface area contributed by atoms with Gasteiger partial charge in [-0.05, 0) is 71.5 Å². The fourth-order valence-corrected chi connectivity index (χ4v) is 3.23. The van der Waals surface area contributed by atoms with Gasteiger partial charge in [0.2, 0.25) is 0 Å². The van der Waals surface area contributed by atoms with E-state index >= 15 is 0 Å². The highest BCUT2D eigenvalue weighted by atomic mass is 16.5. The summed E-state index contributed by atoms with van der Waals surface area (Å²) in [6.45, 7) is 6.60. The highest BCUT2D eigenvalue weighted by Gasteiger charge is 2.25. The molecule has 0 aromatic carbocycles. The van der Waals surface area contributed by atoms with Crippen LogP contribution in [0.4, 0.5) is 0 Å². The molecule has 0 saturated carbocycles. The molecule has 1 atom stereocenters. The second kappa shape index (κ2) is 8.63. The van der Waals surface area contributed by atoms with E-state index in [1.807, 2.05) is 6.92 Å². The Morgan fingerprint density at radius 3 is 2.70 bits per heavy atom. The minimum atomic E-state index is 0.00512. The smallest absolute Gasteiger partial charge is 0.309 e. The van der Waals surface area contributed by atoms with Gasteiger partial charge in [-0.1, -0.05) is 0 Å². The molecule has 0 bridgehead atoms. The van der Waals surface area contributed by atoms with Crippen LogP contribution in [-0.2, 0) is 14.3 Å². The summed E-state index contributed by atoms with van der Waals surface area (Å²) < 4.78 is 10.7. The lowest BCUT2D eigenvalue weighted by Crippen LogP contribution is -2.37. The van der Waals surface area contributed by atoms with Crippen LogP contribution in [0.5, 0.6) is 0 Å². The monoisotopic (exact) mass is 283 g/mol. The van der Waals surface area contributed by atoms with Gasteiger partial charge >= 0.3 is 5.97 Å². The average Bonchev–Trinajstić information content (AvgIpc) is 2.98. The summed E-state index contributed by atoms with van der Waals surface area (Å²) in [4.78, 5) is 14.1. The summed E-state index contributed by atoms with van der Waals surface area (Å²) in [6.07, 6.45) is 8.70. The zero-order valence-electron chi connectivity index (χ0n) is 12.8. The van der Waals surface area contributed by atoms with Gasteiger partial charge in [-0.2, -0.15) is 0 Å². The summed E-state index contributed by atoms with van der Waals surface area (Å²) in [5.74, 6) is 0.142. The molecule has 0 radical (unpaired) electrons. The lowest BCUT2D eigenvalue weighted by Gasteiger charge is -2.30. The standard InChI is InChI=1S/C16H29NO3/c1-2-19-16(18)14-8-11-17(12-9-14)10-4-3-6-15-7-5-13-20-15/h14-15H,2-13H2,1H3. The molecule has 0 N–H and O–H groups in total. The van der Waals surface area contributed by atoms with Crippen LogP contribution in [0.15, 0.2) is 0 Å². The number of carbonyl (C=O) groups is 1. The van der Waals surface area contributed by atoms with E-state index in [-0.39, 0.29) is 11.9 Å². The van der Waals surface area contributed by atoms with E-state index in [4.69, 9.17) is 9.47 Å². The molecular formula is C16H29NO3. The molecule has 0 amide bonds.